The first-order chi connectivity index (χ1) is 17.5. The van der Waals surface area contributed by atoms with Crippen LogP contribution in [-0.2, 0) is 31.5 Å². The Morgan fingerprint density at radius 3 is 2.18 bits per heavy atom. The molecule has 2 aromatic carbocycles. The van der Waals surface area contributed by atoms with E-state index >= 15 is 0 Å². The lowest BCUT2D eigenvalue weighted by atomic mass is 9.76. The molecule has 2 atom stereocenters. The zero-order valence-electron chi connectivity index (χ0n) is 19.5. The van der Waals surface area contributed by atoms with Crippen molar-refractivity contribution in [2.24, 2.45) is 5.73 Å². The van der Waals surface area contributed by atoms with Gasteiger partial charge in [-0.25, -0.2) is 12.8 Å². The molecule has 1 aliphatic heterocycles. The number of halogens is 8. The lowest BCUT2D eigenvalue weighted by molar-refractivity contribution is -0.348. The molecule has 0 aromatic heterocycles. The minimum absolute atomic E-state index is 0.0313. The van der Waals surface area contributed by atoms with Crippen LogP contribution < -0.4 is 5.73 Å². The van der Waals surface area contributed by atoms with Gasteiger partial charge in [0.25, 0.3) is 0 Å². The molecule has 1 aliphatic carbocycles. The first-order valence-electron chi connectivity index (χ1n) is 11.5. The molecular weight excluding hydrogens is 656 g/mol. The van der Waals surface area contributed by atoms with Crippen LogP contribution in [0, 0.1) is 3.57 Å². The Hall–Kier alpha value is -1.94. The molecule has 38 heavy (non-hydrogen) atoms. The van der Waals surface area contributed by atoms with Gasteiger partial charge in [0, 0.05) is 34.7 Å². The fourth-order valence-electron chi connectivity index (χ4n) is 5.67. The topological polar surface area (TPSA) is 80.5 Å². The standard InChI is InChI=1S/C24H22F7IN2O3S/c25-22(23(26,27)28,24(29,30)31)15-2-7-18-14(13-15)1-8-19-21(18,10-12-34(19)11-9-20(33)35)38(36,37)17-5-3-16(32)4-6-17/h2-7,13,19H,1,8-12H2,(H2,33,35)/t19-,21-/m1/s1. The highest BCUT2D eigenvalue weighted by Crippen LogP contribution is 2.56. The molecule has 1 amide bonds. The molecule has 0 saturated carbocycles. The van der Waals surface area contributed by atoms with E-state index in [0.29, 0.717) is 12.1 Å². The van der Waals surface area contributed by atoms with Crippen molar-refractivity contribution >= 4 is 38.3 Å². The minimum Gasteiger partial charge on any atom is -0.370 e. The first-order valence-corrected chi connectivity index (χ1v) is 14.0. The third-order valence-electron chi connectivity index (χ3n) is 7.43. The van der Waals surface area contributed by atoms with Crippen LogP contribution in [0.4, 0.5) is 30.7 Å². The Labute approximate surface area is 227 Å². The number of hydrogen-bond acceptors (Lipinski definition) is 4. The van der Waals surface area contributed by atoms with Crippen molar-refractivity contribution in [1.82, 2.24) is 4.90 Å². The van der Waals surface area contributed by atoms with Crippen LogP contribution >= 0.6 is 22.6 Å². The second-order valence-electron chi connectivity index (χ2n) is 9.43. The van der Waals surface area contributed by atoms with E-state index in [9.17, 15) is 43.9 Å². The number of rotatable bonds is 6. The summed E-state index contributed by atoms with van der Waals surface area (Å²) in [4.78, 5) is 13.1. The predicted octanol–water partition coefficient (Wildman–Crippen LogP) is 5.15. The number of likely N-dealkylation sites (tertiary alicyclic amines) is 1. The molecule has 1 saturated heterocycles. The molecule has 4 rings (SSSR count). The van der Waals surface area contributed by atoms with E-state index in [1.807, 2.05) is 22.6 Å². The van der Waals surface area contributed by atoms with Crippen LogP contribution in [0.2, 0.25) is 0 Å². The van der Waals surface area contributed by atoms with Gasteiger partial charge in [0.05, 0.1) is 4.90 Å². The summed E-state index contributed by atoms with van der Waals surface area (Å²) in [6, 6.07) is 6.92. The smallest absolute Gasteiger partial charge is 0.370 e. The third-order valence-corrected chi connectivity index (χ3v) is 10.7. The van der Waals surface area contributed by atoms with Crippen LogP contribution in [0.3, 0.4) is 0 Å². The van der Waals surface area contributed by atoms with E-state index in [-0.39, 0.29) is 54.8 Å². The molecule has 208 valence electrons. The van der Waals surface area contributed by atoms with Crippen LogP contribution in [0.5, 0.6) is 0 Å². The summed E-state index contributed by atoms with van der Waals surface area (Å²) < 4.78 is 123. The monoisotopic (exact) mass is 678 g/mol. The highest BCUT2D eigenvalue weighted by molar-refractivity contribution is 14.1. The maximum absolute atomic E-state index is 14.8. The molecule has 0 bridgehead atoms. The van der Waals surface area contributed by atoms with Gasteiger partial charge in [-0.1, -0.05) is 18.2 Å². The fraction of sp³-hybridized carbons (Fsp3) is 0.458. The van der Waals surface area contributed by atoms with E-state index < -0.39 is 50.1 Å². The van der Waals surface area contributed by atoms with E-state index in [1.54, 1.807) is 17.0 Å². The fourth-order valence-corrected chi connectivity index (χ4v) is 8.42. The number of nitrogens with two attached hydrogens (primary N) is 1. The lowest BCUT2D eigenvalue weighted by Crippen LogP contribution is -2.52. The van der Waals surface area contributed by atoms with Crippen molar-refractivity contribution in [2.45, 2.75) is 59.4 Å². The predicted molar refractivity (Wildman–Crippen MR) is 131 cm³/mol. The van der Waals surface area contributed by atoms with Gasteiger partial charge >= 0.3 is 18.0 Å². The average Bonchev–Trinajstić information content (AvgIpc) is 3.21. The maximum atomic E-state index is 14.8. The number of carbonyl (C=O) groups is 1. The van der Waals surface area contributed by atoms with Crippen molar-refractivity contribution in [2.75, 3.05) is 13.1 Å². The number of nitrogens with zero attached hydrogens (tertiary/aromatic N) is 1. The van der Waals surface area contributed by atoms with Gasteiger partial charge in [0.15, 0.2) is 9.84 Å². The summed E-state index contributed by atoms with van der Waals surface area (Å²) in [7, 11) is -4.27. The number of hydrogen-bond donors (Lipinski definition) is 1. The molecule has 0 unspecified atom stereocenters. The first kappa shape index (κ1) is 29.1. The van der Waals surface area contributed by atoms with Gasteiger partial charge in [0.1, 0.15) is 4.75 Å². The van der Waals surface area contributed by atoms with Gasteiger partial charge in [0.2, 0.25) is 5.91 Å². The van der Waals surface area contributed by atoms with E-state index in [0.717, 1.165) is 9.64 Å². The average molecular weight is 678 g/mol. The molecule has 14 heteroatoms. The Morgan fingerprint density at radius 1 is 1.03 bits per heavy atom. The zero-order valence-corrected chi connectivity index (χ0v) is 22.5. The summed E-state index contributed by atoms with van der Waals surface area (Å²) in [5, 5.41) is 0. The number of sulfone groups is 1. The van der Waals surface area contributed by atoms with Gasteiger partial charge in [-0.3, -0.25) is 9.69 Å². The number of carbonyl (C=O) groups excluding carboxylic acids is 1. The molecular formula is C24H22F7IN2O3S. The highest BCUT2D eigenvalue weighted by Gasteiger charge is 2.73. The Bertz CT molecular complexity index is 1330. The van der Waals surface area contributed by atoms with Crippen molar-refractivity contribution < 1.29 is 43.9 Å². The Balaban J connectivity index is 1.92. The summed E-state index contributed by atoms with van der Waals surface area (Å²) in [6.07, 6.45) is -12.7. The number of benzene rings is 2. The SMILES string of the molecule is NC(=O)CCN1CC[C@@]2(S(=O)(=O)c3ccc(I)cc3)c3ccc(C(F)(C(F)(F)F)C(F)(F)F)cc3CC[C@@H]12. The van der Waals surface area contributed by atoms with E-state index in [4.69, 9.17) is 5.73 Å². The minimum atomic E-state index is -6.29. The maximum Gasteiger partial charge on any atom is 0.435 e. The molecule has 2 aliphatic rings. The van der Waals surface area contributed by atoms with Crippen molar-refractivity contribution in [3.63, 3.8) is 0 Å². The second-order valence-corrected chi connectivity index (χ2v) is 12.9. The number of fused-ring (bicyclic) bond motifs is 3. The van der Waals surface area contributed by atoms with Gasteiger partial charge in [-0.05, 0) is 77.2 Å². The van der Waals surface area contributed by atoms with Crippen molar-refractivity contribution in [1.29, 1.82) is 0 Å². The molecule has 1 heterocycles. The summed E-state index contributed by atoms with van der Waals surface area (Å²) >= 11 is 1.99. The summed E-state index contributed by atoms with van der Waals surface area (Å²) in [5.41, 5.74) is -2.08. The number of aryl methyl sites for hydroxylation is 1. The molecule has 5 nitrogen and oxygen atoms in total. The van der Waals surface area contributed by atoms with Crippen LogP contribution in [0.15, 0.2) is 47.4 Å². The van der Waals surface area contributed by atoms with Crippen molar-refractivity contribution in [3.05, 3.63) is 62.7 Å². The molecule has 0 spiro atoms. The summed E-state index contributed by atoms with van der Waals surface area (Å²) in [5.74, 6) is -0.609. The van der Waals surface area contributed by atoms with Gasteiger partial charge < -0.3 is 5.73 Å². The number of amides is 1. The van der Waals surface area contributed by atoms with Gasteiger partial charge in [-0.15, -0.1) is 0 Å². The molecule has 2 aromatic rings. The Kier molecular flexibility index (Phi) is 7.35. The zero-order chi connectivity index (χ0) is 28.3. The molecule has 1 fully saturated rings. The molecule has 0 radical (unpaired) electrons. The summed E-state index contributed by atoms with van der Waals surface area (Å²) in [6.45, 7) is 0.327. The van der Waals surface area contributed by atoms with E-state index in [2.05, 4.69) is 0 Å². The number of primary amides is 1. The quantitative estimate of drug-likeness (QED) is 0.339. The normalized spacial score (nSPS) is 22.7. The Morgan fingerprint density at radius 2 is 1.63 bits per heavy atom. The third kappa shape index (κ3) is 4.39. The molecule has 2 N–H and O–H groups in total. The van der Waals surface area contributed by atoms with Crippen LogP contribution in [-0.4, -0.2) is 50.7 Å². The van der Waals surface area contributed by atoms with Crippen LogP contribution in [0.25, 0.3) is 0 Å². The van der Waals surface area contributed by atoms with E-state index in [1.165, 1.54) is 12.1 Å². The second kappa shape index (κ2) is 9.61. The van der Waals surface area contributed by atoms with Crippen LogP contribution in [0.1, 0.15) is 36.0 Å². The van der Waals surface area contributed by atoms with Gasteiger partial charge in [-0.2, -0.15) is 26.3 Å². The largest absolute Gasteiger partial charge is 0.435 e. The lowest BCUT2D eigenvalue weighted by Gasteiger charge is -2.43. The van der Waals surface area contributed by atoms with Crippen molar-refractivity contribution in [3.8, 4) is 0 Å². The highest BCUT2D eigenvalue weighted by atomic mass is 127. The number of alkyl halides is 7.